The molecule has 1 aliphatic rings. The molecule has 1 aromatic heterocycles. The van der Waals surface area contributed by atoms with Gasteiger partial charge in [0.25, 0.3) is 0 Å². The highest BCUT2D eigenvalue weighted by molar-refractivity contribution is 6.16. The molecule has 3 rings (SSSR count). The number of nitrogens with one attached hydrogen (secondary N) is 1. The van der Waals surface area contributed by atoms with E-state index in [2.05, 4.69) is 25.0 Å². The van der Waals surface area contributed by atoms with E-state index in [1.807, 2.05) is 0 Å². The molecule has 0 saturated heterocycles. The topological polar surface area (TPSA) is 69.4 Å². The second kappa shape index (κ2) is 4.23. The van der Waals surface area contributed by atoms with Gasteiger partial charge >= 0.3 is 12.3 Å². The van der Waals surface area contributed by atoms with Crippen molar-refractivity contribution in [2.24, 2.45) is 0 Å². The fourth-order valence-electron chi connectivity index (χ4n) is 1.51. The lowest BCUT2D eigenvalue weighted by Gasteiger charge is -2.04. The molecule has 0 radical (unpaired) electrons. The van der Waals surface area contributed by atoms with Crippen LogP contribution in [0.5, 0.6) is 11.5 Å². The van der Waals surface area contributed by atoms with Crippen molar-refractivity contribution in [2.45, 2.75) is 12.2 Å². The molecule has 0 spiro atoms. The van der Waals surface area contributed by atoms with Crippen molar-refractivity contribution in [3.63, 3.8) is 0 Å². The summed E-state index contributed by atoms with van der Waals surface area (Å²) >= 11 is 5.51. The Morgan fingerprint density at radius 3 is 2.74 bits per heavy atom. The maximum absolute atomic E-state index is 12.8. The molecule has 1 aliphatic heterocycles. The Morgan fingerprint density at radius 1 is 1.21 bits per heavy atom. The van der Waals surface area contributed by atoms with Crippen LogP contribution in [0, 0.1) is 0 Å². The average Bonchev–Trinajstić information content (AvgIpc) is 2.91. The number of fused-ring (bicyclic) bond motifs is 1. The highest BCUT2D eigenvalue weighted by Crippen LogP contribution is 2.42. The summed E-state index contributed by atoms with van der Waals surface area (Å²) in [5, 5.41) is 10.0. The third-order valence-electron chi connectivity index (χ3n) is 2.23. The van der Waals surface area contributed by atoms with Gasteiger partial charge in [-0.3, -0.25) is 0 Å². The second-order valence-corrected chi connectivity index (χ2v) is 3.86. The molecular weight excluding hydrogens is 284 g/mol. The Balaban J connectivity index is 1.80. The van der Waals surface area contributed by atoms with Crippen molar-refractivity contribution >= 4 is 23.3 Å². The molecule has 0 fully saturated rings. The lowest BCUT2D eigenvalue weighted by atomic mass is 10.3. The molecule has 1 N–H and O–H groups in total. The van der Waals surface area contributed by atoms with E-state index < -0.39 is 6.29 Å². The van der Waals surface area contributed by atoms with Gasteiger partial charge in [0.1, 0.15) is 5.88 Å². The van der Waals surface area contributed by atoms with Crippen LogP contribution >= 0.6 is 11.6 Å². The highest BCUT2D eigenvalue weighted by atomic mass is 35.5. The number of hydrogen-bond donors (Lipinski definition) is 1. The fourth-order valence-corrected chi connectivity index (χ4v) is 1.62. The maximum atomic E-state index is 12.8. The number of aromatic nitrogens is 2. The first-order chi connectivity index (χ1) is 9.05. The molecule has 19 heavy (non-hydrogen) atoms. The van der Waals surface area contributed by atoms with Crippen molar-refractivity contribution in [1.29, 1.82) is 0 Å². The second-order valence-electron chi connectivity index (χ2n) is 3.59. The number of alkyl halides is 3. The minimum atomic E-state index is -3.64. The normalized spacial score (nSPS) is 15.5. The van der Waals surface area contributed by atoms with Gasteiger partial charge in [0.2, 0.25) is 5.89 Å². The lowest BCUT2D eigenvalue weighted by molar-refractivity contribution is -0.286. The van der Waals surface area contributed by atoms with Gasteiger partial charge in [0.05, 0.1) is 0 Å². The summed E-state index contributed by atoms with van der Waals surface area (Å²) in [5.74, 6) is 0.216. The Morgan fingerprint density at radius 2 is 2.00 bits per heavy atom. The number of rotatable bonds is 3. The van der Waals surface area contributed by atoms with Gasteiger partial charge in [0.15, 0.2) is 11.5 Å². The Hall–Kier alpha value is -2.09. The monoisotopic (exact) mass is 289 g/mol. The molecular formula is C10H6ClF2N3O3. The lowest BCUT2D eigenvalue weighted by Crippen LogP contribution is -2.25. The molecule has 0 saturated carbocycles. The summed E-state index contributed by atoms with van der Waals surface area (Å²) in [6.07, 6.45) is -3.64. The van der Waals surface area contributed by atoms with Crippen LogP contribution < -0.4 is 14.8 Å². The predicted octanol–water partition coefficient (Wildman–Crippen LogP) is 2.87. The number of halogens is 3. The van der Waals surface area contributed by atoms with Gasteiger partial charge in [-0.05, 0) is 12.1 Å². The van der Waals surface area contributed by atoms with Crippen LogP contribution in [0.25, 0.3) is 0 Å². The summed E-state index contributed by atoms with van der Waals surface area (Å²) < 4.78 is 39.3. The van der Waals surface area contributed by atoms with E-state index in [9.17, 15) is 8.78 Å². The van der Waals surface area contributed by atoms with Crippen LogP contribution in [0.1, 0.15) is 5.89 Å². The minimum Gasteiger partial charge on any atom is -0.407 e. The van der Waals surface area contributed by atoms with Crippen molar-refractivity contribution in [3.8, 4) is 11.5 Å². The number of benzene rings is 1. The third kappa shape index (κ3) is 2.39. The van der Waals surface area contributed by atoms with Crippen molar-refractivity contribution < 1.29 is 22.7 Å². The van der Waals surface area contributed by atoms with E-state index in [1.54, 1.807) is 0 Å². The summed E-state index contributed by atoms with van der Waals surface area (Å²) in [4.78, 5) is 0. The van der Waals surface area contributed by atoms with Crippen LogP contribution in [0.3, 0.4) is 0 Å². The fraction of sp³-hybridized carbons (Fsp3) is 0.200. The van der Waals surface area contributed by atoms with Crippen LogP contribution in [-0.2, 0) is 5.88 Å². The van der Waals surface area contributed by atoms with E-state index in [1.165, 1.54) is 18.2 Å². The molecule has 0 atom stereocenters. The summed E-state index contributed by atoms with van der Waals surface area (Å²) in [6, 6.07) is 4.29. The van der Waals surface area contributed by atoms with Gasteiger partial charge in [-0.1, -0.05) is 5.10 Å². The van der Waals surface area contributed by atoms with Crippen molar-refractivity contribution in [3.05, 3.63) is 24.1 Å². The first-order valence-corrected chi connectivity index (χ1v) is 5.64. The molecule has 9 heteroatoms. The highest BCUT2D eigenvalue weighted by Gasteiger charge is 2.43. The standard InChI is InChI=1S/C10H6ClF2N3O3/c11-4-8-15-16-9(17-8)14-5-1-2-6-7(3-5)19-10(12,13)18-6/h1-3H,4H2,(H,14,16). The van der Waals surface area contributed by atoms with Gasteiger partial charge in [0, 0.05) is 11.8 Å². The summed E-state index contributed by atoms with van der Waals surface area (Å²) in [5.41, 5.74) is 0.435. The molecule has 6 nitrogen and oxygen atoms in total. The van der Waals surface area contributed by atoms with Gasteiger partial charge in [-0.2, -0.15) is 0 Å². The number of ether oxygens (including phenoxy) is 2. The van der Waals surface area contributed by atoms with Crippen LogP contribution in [0.2, 0.25) is 0 Å². The van der Waals surface area contributed by atoms with Crippen LogP contribution in [-0.4, -0.2) is 16.5 Å². The average molecular weight is 290 g/mol. The first-order valence-electron chi connectivity index (χ1n) is 5.11. The molecule has 0 unspecified atom stereocenters. The number of anilines is 2. The van der Waals surface area contributed by atoms with Gasteiger partial charge in [-0.25, -0.2) is 0 Å². The van der Waals surface area contributed by atoms with Crippen molar-refractivity contribution in [2.75, 3.05) is 5.32 Å². The quantitative estimate of drug-likeness (QED) is 0.876. The SMILES string of the molecule is FC1(F)Oc2ccc(Nc3nnc(CCl)o3)cc2O1. The molecule has 2 aromatic rings. The van der Waals surface area contributed by atoms with Crippen molar-refractivity contribution in [1.82, 2.24) is 10.2 Å². The molecule has 2 heterocycles. The zero-order chi connectivity index (χ0) is 13.5. The smallest absolute Gasteiger partial charge is 0.407 e. The van der Waals surface area contributed by atoms with E-state index in [-0.39, 0.29) is 29.3 Å². The Labute approximate surface area is 110 Å². The van der Waals surface area contributed by atoms with Crippen LogP contribution in [0.15, 0.2) is 22.6 Å². The molecule has 1 aromatic carbocycles. The van der Waals surface area contributed by atoms with Gasteiger partial charge < -0.3 is 19.2 Å². The summed E-state index contributed by atoms with van der Waals surface area (Å²) in [7, 11) is 0. The minimum absolute atomic E-state index is 0.0393. The molecule has 0 amide bonds. The summed E-state index contributed by atoms with van der Waals surface area (Å²) in [6.45, 7) is 0. The largest absolute Gasteiger partial charge is 0.586 e. The third-order valence-corrected chi connectivity index (χ3v) is 2.46. The van der Waals surface area contributed by atoms with E-state index in [4.69, 9.17) is 16.0 Å². The molecule has 100 valence electrons. The Kier molecular flexibility index (Phi) is 2.67. The Bertz CT molecular complexity index is 620. The maximum Gasteiger partial charge on any atom is 0.586 e. The zero-order valence-electron chi connectivity index (χ0n) is 9.19. The van der Waals surface area contributed by atoms with Gasteiger partial charge in [-0.15, -0.1) is 25.5 Å². The number of nitrogens with zero attached hydrogens (tertiary/aromatic N) is 2. The van der Waals surface area contributed by atoms with E-state index >= 15 is 0 Å². The zero-order valence-corrected chi connectivity index (χ0v) is 9.95. The molecule has 0 aliphatic carbocycles. The predicted molar refractivity (Wildman–Crippen MR) is 59.8 cm³/mol. The van der Waals surface area contributed by atoms with E-state index in [0.29, 0.717) is 5.69 Å². The van der Waals surface area contributed by atoms with E-state index in [0.717, 1.165) is 0 Å². The first kappa shape index (κ1) is 12.0. The van der Waals surface area contributed by atoms with Crippen LogP contribution in [0.4, 0.5) is 20.5 Å². The molecule has 0 bridgehead atoms. The number of hydrogen-bond acceptors (Lipinski definition) is 6.